The van der Waals surface area contributed by atoms with Crippen LogP contribution in [0.1, 0.15) is 12.5 Å². The van der Waals surface area contributed by atoms with E-state index in [1.54, 1.807) is 38.1 Å². The Bertz CT molecular complexity index is 623. The number of ether oxygens (including phenoxy) is 1. The van der Waals surface area contributed by atoms with Gasteiger partial charge >= 0.3 is 5.97 Å². The summed E-state index contributed by atoms with van der Waals surface area (Å²) >= 11 is 5.96. The molecule has 0 heterocycles. The van der Waals surface area contributed by atoms with Crippen LogP contribution < -0.4 is 5.32 Å². The van der Waals surface area contributed by atoms with E-state index >= 15 is 0 Å². The number of benzene rings is 1. The second kappa shape index (κ2) is 8.80. The Morgan fingerprint density at radius 2 is 2.27 bits per heavy atom. The summed E-state index contributed by atoms with van der Waals surface area (Å²) in [6.07, 6.45) is 1.11. The van der Waals surface area contributed by atoms with Crippen LogP contribution >= 0.6 is 11.6 Å². The molecule has 116 valence electrons. The van der Waals surface area contributed by atoms with Crippen molar-refractivity contribution in [3.05, 3.63) is 28.8 Å². The molecule has 1 atom stereocenters. The highest BCUT2D eigenvalue weighted by Crippen LogP contribution is 2.22. The minimum atomic E-state index is -1.11. The van der Waals surface area contributed by atoms with Crippen LogP contribution in [0.5, 0.6) is 0 Å². The number of carbonyl (C=O) groups is 2. The first kappa shape index (κ1) is 17.7. The summed E-state index contributed by atoms with van der Waals surface area (Å²) in [4.78, 5) is 26.9. The Labute approximate surface area is 133 Å². The smallest absolute Gasteiger partial charge is 0.328 e. The molecule has 0 radical (unpaired) electrons. The molecule has 1 amide bonds. The van der Waals surface area contributed by atoms with Gasteiger partial charge in [0, 0.05) is 16.9 Å². The van der Waals surface area contributed by atoms with Crippen LogP contribution in [0.25, 0.3) is 0 Å². The molecule has 0 saturated carbocycles. The predicted molar refractivity (Wildman–Crippen MR) is 83.9 cm³/mol. The third-order valence-electron chi connectivity index (χ3n) is 2.71. The maximum Gasteiger partial charge on any atom is 0.328 e. The lowest BCUT2D eigenvalue weighted by molar-refractivity contribution is -0.143. The molecule has 0 aromatic heterocycles. The normalized spacial score (nSPS) is 11.7. The fourth-order valence-corrected chi connectivity index (χ4v) is 1.73. The standard InChI is InChI=1S/C15H16ClN3O3/c1-3-22-15(21)11(7-17)8-18-9-14(20)19-13-6-4-5-12(16)10(13)2/h4-6,8,11H,3,9H2,1-2H3,(H,19,20)/t11-/m0/s1. The lowest BCUT2D eigenvalue weighted by Gasteiger charge is -2.08. The molecule has 7 heteroatoms. The minimum absolute atomic E-state index is 0.180. The molecule has 6 nitrogen and oxygen atoms in total. The molecule has 0 aliphatic heterocycles. The highest BCUT2D eigenvalue weighted by molar-refractivity contribution is 6.31. The number of aliphatic imine (C=N–C) groups is 1. The number of halogens is 1. The minimum Gasteiger partial charge on any atom is -0.465 e. The number of nitriles is 1. The van der Waals surface area contributed by atoms with Crippen LogP contribution in [0, 0.1) is 24.2 Å². The third kappa shape index (κ3) is 5.19. The second-order valence-corrected chi connectivity index (χ2v) is 4.72. The van der Waals surface area contributed by atoms with Gasteiger partial charge in [0.1, 0.15) is 6.54 Å². The maximum atomic E-state index is 11.8. The van der Waals surface area contributed by atoms with Crippen molar-refractivity contribution in [1.82, 2.24) is 0 Å². The van der Waals surface area contributed by atoms with E-state index in [0.717, 1.165) is 11.8 Å². The number of esters is 1. The van der Waals surface area contributed by atoms with Gasteiger partial charge in [0.2, 0.25) is 5.91 Å². The van der Waals surface area contributed by atoms with E-state index in [9.17, 15) is 9.59 Å². The van der Waals surface area contributed by atoms with E-state index < -0.39 is 11.9 Å². The second-order valence-electron chi connectivity index (χ2n) is 4.31. The van der Waals surface area contributed by atoms with Crippen molar-refractivity contribution >= 4 is 35.4 Å². The Morgan fingerprint density at radius 1 is 1.55 bits per heavy atom. The summed E-state index contributed by atoms with van der Waals surface area (Å²) in [7, 11) is 0. The Kier molecular flexibility index (Phi) is 7.06. The van der Waals surface area contributed by atoms with Crippen LogP contribution in [0.4, 0.5) is 5.69 Å². The predicted octanol–water partition coefficient (Wildman–Crippen LogP) is 2.36. The highest BCUT2D eigenvalue weighted by Gasteiger charge is 2.16. The van der Waals surface area contributed by atoms with Crippen molar-refractivity contribution in [3.63, 3.8) is 0 Å². The van der Waals surface area contributed by atoms with E-state index in [4.69, 9.17) is 21.6 Å². The number of hydrogen-bond donors (Lipinski definition) is 1. The van der Waals surface area contributed by atoms with Crippen molar-refractivity contribution in [3.8, 4) is 6.07 Å². The van der Waals surface area contributed by atoms with Crippen LogP contribution in [0.3, 0.4) is 0 Å². The van der Waals surface area contributed by atoms with Gasteiger partial charge in [0.15, 0.2) is 5.92 Å². The molecule has 0 aliphatic carbocycles. The molecule has 0 spiro atoms. The van der Waals surface area contributed by atoms with E-state index in [2.05, 4.69) is 10.3 Å². The molecule has 1 rings (SSSR count). The Morgan fingerprint density at radius 3 is 2.91 bits per heavy atom. The SMILES string of the molecule is CCOC(=O)[C@@H](C#N)C=NCC(=O)Nc1cccc(Cl)c1C. The molecular formula is C15H16ClN3O3. The zero-order valence-corrected chi connectivity index (χ0v) is 13.1. The Hall–Kier alpha value is -2.39. The van der Waals surface area contributed by atoms with Crippen LogP contribution in [-0.2, 0) is 14.3 Å². The van der Waals surface area contributed by atoms with Crippen molar-refractivity contribution in [1.29, 1.82) is 5.26 Å². The van der Waals surface area contributed by atoms with Crippen LogP contribution in [-0.4, -0.2) is 31.2 Å². The number of hydrogen-bond acceptors (Lipinski definition) is 5. The van der Waals surface area contributed by atoms with E-state index in [1.807, 2.05) is 0 Å². The van der Waals surface area contributed by atoms with Crippen molar-refractivity contribution in [2.75, 3.05) is 18.5 Å². The fourth-order valence-electron chi connectivity index (χ4n) is 1.55. The molecule has 0 saturated heterocycles. The molecule has 0 unspecified atom stereocenters. The average Bonchev–Trinajstić information content (AvgIpc) is 2.48. The highest BCUT2D eigenvalue weighted by atomic mass is 35.5. The molecule has 0 fully saturated rings. The van der Waals surface area contributed by atoms with Gasteiger partial charge in [-0.25, -0.2) is 0 Å². The molecule has 1 N–H and O–H groups in total. The zero-order valence-electron chi connectivity index (χ0n) is 12.3. The number of nitrogens with zero attached hydrogens (tertiary/aromatic N) is 2. The summed E-state index contributed by atoms with van der Waals surface area (Å²) in [5.74, 6) is -2.16. The Balaban J connectivity index is 2.59. The van der Waals surface area contributed by atoms with E-state index in [1.165, 1.54) is 0 Å². The van der Waals surface area contributed by atoms with Crippen LogP contribution in [0.2, 0.25) is 5.02 Å². The van der Waals surface area contributed by atoms with Gasteiger partial charge < -0.3 is 10.1 Å². The topological polar surface area (TPSA) is 91.6 Å². The van der Waals surface area contributed by atoms with Gasteiger partial charge in [-0.2, -0.15) is 5.26 Å². The number of carbonyl (C=O) groups excluding carboxylic acids is 2. The van der Waals surface area contributed by atoms with Gasteiger partial charge in [-0.15, -0.1) is 0 Å². The van der Waals surface area contributed by atoms with E-state index in [-0.39, 0.29) is 19.1 Å². The monoisotopic (exact) mass is 321 g/mol. The number of rotatable bonds is 6. The first-order valence-corrected chi connectivity index (χ1v) is 6.98. The molecule has 0 bridgehead atoms. The van der Waals surface area contributed by atoms with Crippen molar-refractivity contribution in [2.45, 2.75) is 13.8 Å². The molecule has 0 aliphatic rings. The summed E-state index contributed by atoms with van der Waals surface area (Å²) in [5.41, 5.74) is 1.35. The van der Waals surface area contributed by atoms with Crippen molar-refractivity contribution in [2.24, 2.45) is 10.9 Å². The molecule has 1 aromatic rings. The van der Waals surface area contributed by atoms with Gasteiger partial charge in [-0.05, 0) is 31.5 Å². The lowest BCUT2D eigenvalue weighted by atomic mass is 10.2. The fraction of sp³-hybridized carbons (Fsp3) is 0.333. The summed E-state index contributed by atoms with van der Waals surface area (Å²) in [6, 6.07) is 6.92. The van der Waals surface area contributed by atoms with E-state index in [0.29, 0.717) is 10.7 Å². The summed E-state index contributed by atoms with van der Waals surface area (Å²) < 4.78 is 4.71. The van der Waals surface area contributed by atoms with Gasteiger partial charge in [0.25, 0.3) is 0 Å². The first-order valence-electron chi connectivity index (χ1n) is 6.60. The number of nitrogens with one attached hydrogen (secondary N) is 1. The summed E-state index contributed by atoms with van der Waals surface area (Å²) in [5, 5.41) is 12.0. The average molecular weight is 322 g/mol. The van der Waals surface area contributed by atoms with Gasteiger partial charge in [-0.1, -0.05) is 17.7 Å². The third-order valence-corrected chi connectivity index (χ3v) is 3.12. The van der Waals surface area contributed by atoms with Gasteiger partial charge in [-0.3, -0.25) is 14.6 Å². The quantitative estimate of drug-likeness (QED) is 0.643. The lowest BCUT2D eigenvalue weighted by Crippen LogP contribution is -2.19. The molecule has 1 aromatic carbocycles. The molecule has 22 heavy (non-hydrogen) atoms. The number of amides is 1. The van der Waals surface area contributed by atoms with Crippen LogP contribution in [0.15, 0.2) is 23.2 Å². The maximum absolute atomic E-state index is 11.8. The first-order chi connectivity index (χ1) is 10.5. The number of anilines is 1. The van der Waals surface area contributed by atoms with Gasteiger partial charge in [0.05, 0.1) is 12.7 Å². The molecular weight excluding hydrogens is 306 g/mol. The summed E-state index contributed by atoms with van der Waals surface area (Å²) in [6.45, 7) is 3.40. The largest absolute Gasteiger partial charge is 0.465 e. The van der Waals surface area contributed by atoms with Crippen molar-refractivity contribution < 1.29 is 14.3 Å². The zero-order chi connectivity index (χ0) is 16.5.